The SMILES string of the molecule is O=C(O)C=CC(=O)c1c[nH]c2cc([N+](=O)[O-])ccc12. The van der Waals surface area contributed by atoms with Crippen molar-refractivity contribution in [1.82, 2.24) is 4.98 Å². The molecule has 0 atom stereocenters. The molecular weight excluding hydrogens is 252 g/mol. The second-order valence-corrected chi connectivity index (χ2v) is 3.73. The lowest BCUT2D eigenvalue weighted by Gasteiger charge is -1.94. The fraction of sp³-hybridized carbons (Fsp3) is 0. The van der Waals surface area contributed by atoms with Crippen molar-refractivity contribution in [2.24, 2.45) is 0 Å². The first-order chi connectivity index (χ1) is 8.99. The van der Waals surface area contributed by atoms with Crippen molar-refractivity contribution in [3.8, 4) is 0 Å². The first-order valence-electron chi connectivity index (χ1n) is 5.20. The normalized spacial score (nSPS) is 10.9. The molecule has 0 amide bonds. The average Bonchev–Trinajstić information content (AvgIpc) is 2.78. The number of allylic oxidation sites excluding steroid dienone is 1. The number of H-pyrrole nitrogens is 1. The van der Waals surface area contributed by atoms with Gasteiger partial charge in [-0.05, 0) is 12.1 Å². The number of nitrogens with zero attached hydrogens (tertiary/aromatic N) is 1. The summed E-state index contributed by atoms with van der Waals surface area (Å²) in [6.45, 7) is 0. The molecule has 1 aromatic carbocycles. The van der Waals surface area contributed by atoms with E-state index in [9.17, 15) is 19.7 Å². The van der Waals surface area contributed by atoms with Crippen molar-refractivity contribution in [1.29, 1.82) is 0 Å². The van der Waals surface area contributed by atoms with E-state index in [0.717, 1.165) is 12.2 Å². The third-order valence-corrected chi connectivity index (χ3v) is 2.52. The fourth-order valence-electron chi connectivity index (χ4n) is 1.67. The third kappa shape index (κ3) is 2.49. The Bertz CT molecular complexity index is 714. The van der Waals surface area contributed by atoms with Crippen LogP contribution in [0.3, 0.4) is 0 Å². The summed E-state index contributed by atoms with van der Waals surface area (Å²) < 4.78 is 0. The molecule has 0 bridgehead atoms. The second-order valence-electron chi connectivity index (χ2n) is 3.73. The number of rotatable bonds is 4. The number of carboxylic acid groups (broad SMARTS) is 1. The van der Waals surface area contributed by atoms with E-state index in [2.05, 4.69) is 4.98 Å². The van der Waals surface area contributed by atoms with Crippen LogP contribution in [0, 0.1) is 10.1 Å². The molecule has 2 rings (SSSR count). The highest BCUT2D eigenvalue weighted by Crippen LogP contribution is 2.23. The van der Waals surface area contributed by atoms with Gasteiger partial charge in [-0.2, -0.15) is 0 Å². The molecule has 7 heteroatoms. The Labute approximate surface area is 106 Å². The largest absolute Gasteiger partial charge is 0.478 e. The molecule has 1 heterocycles. The number of fused-ring (bicyclic) bond motifs is 1. The molecule has 0 aliphatic carbocycles. The topological polar surface area (TPSA) is 113 Å². The van der Waals surface area contributed by atoms with Crippen LogP contribution in [0.25, 0.3) is 10.9 Å². The Morgan fingerprint density at radius 1 is 1.32 bits per heavy atom. The minimum atomic E-state index is -1.22. The van der Waals surface area contributed by atoms with Crippen molar-refractivity contribution in [3.63, 3.8) is 0 Å². The molecule has 0 aliphatic rings. The number of nitrogens with one attached hydrogen (secondary N) is 1. The van der Waals surface area contributed by atoms with Gasteiger partial charge in [-0.1, -0.05) is 0 Å². The summed E-state index contributed by atoms with van der Waals surface area (Å²) >= 11 is 0. The maximum Gasteiger partial charge on any atom is 0.328 e. The van der Waals surface area contributed by atoms with Crippen LogP contribution in [0.1, 0.15) is 10.4 Å². The second kappa shape index (κ2) is 4.73. The standard InChI is InChI=1S/C12H8N2O5/c15-11(3-4-12(16)17)9-6-13-10-5-7(14(18)19)1-2-8(9)10/h1-6,13H,(H,16,17). The molecule has 0 saturated heterocycles. The van der Waals surface area contributed by atoms with Gasteiger partial charge in [0.2, 0.25) is 0 Å². The summed E-state index contributed by atoms with van der Waals surface area (Å²) in [5, 5.41) is 19.6. The number of ketones is 1. The average molecular weight is 260 g/mol. The molecule has 7 nitrogen and oxygen atoms in total. The Morgan fingerprint density at radius 3 is 2.68 bits per heavy atom. The molecular formula is C12H8N2O5. The molecule has 0 unspecified atom stereocenters. The molecule has 2 aromatic rings. The predicted molar refractivity (Wildman–Crippen MR) is 66.1 cm³/mol. The van der Waals surface area contributed by atoms with E-state index in [1.54, 1.807) is 0 Å². The smallest absolute Gasteiger partial charge is 0.328 e. The summed E-state index contributed by atoms with van der Waals surface area (Å²) in [4.78, 5) is 34.9. The molecule has 0 fully saturated rings. The Kier molecular flexibility index (Phi) is 3.11. The van der Waals surface area contributed by atoms with Crippen molar-refractivity contribution < 1.29 is 19.6 Å². The number of hydrogen-bond acceptors (Lipinski definition) is 4. The number of nitro groups is 1. The van der Waals surface area contributed by atoms with E-state index in [1.807, 2.05) is 0 Å². The number of non-ortho nitro benzene ring substituents is 1. The summed E-state index contributed by atoms with van der Waals surface area (Å²) in [6.07, 6.45) is 3.07. The van der Waals surface area contributed by atoms with Gasteiger partial charge in [0.25, 0.3) is 5.69 Å². The van der Waals surface area contributed by atoms with Gasteiger partial charge in [0.1, 0.15) is 0 Å². The molecule has 0 aliphatic heterocycles. The Morgan fingerprint density at radius 2 is 2.05 bits per heavy atom. The maximum absolute atomic E-state index is 11.7. The highest BCUT2D eigenvalue weighted by Gasteiger charge is 2.13. The lowest BCUT2D eigenvalue weighted by atomic mass is 10.1. The predicted octanol–water partition coefficient (Wildman–Crippen LogP) is 1.90. The van der Waals surface area contributed by atoms with Crippen molar-refractivity contribution in [3.05, 3.63) is 52.2 Å². The number of carbonyl (C=O) groups excluding carboxylic acids is 1. The molecule has 19 heavy (non-hydrogen) atoms. The van der Waals surface area contributed by atoms with Gasteiger partial charge in [-0.15, -0.1) is 0 Å². The van der Waals surface area contributed by atoms with Crippen LogP contribution in [0.4, 0.5) is 5.69 Å². The van der Waals surface area contributed by atoms with Crippen LogP contribution >= 0.6 is 0 Å². The monoisotopic (exact) mass is 260 g/mol. The van der Waals surface area contributed by atoms with E-state index >= 15 is 0 Å². The zero-order valence-electron chi connectivity index (χ0n) is 9.49. The van der Waals surface area contributed by atoms with E-state index in [4.69, 9.17) is 5.11 Å². The van der Waals surface area contributed by atoms with Gasteiger partial charge in [0.15, 0.2) is 5.78 Å². The molecule has 0 spiro atoms. The number of carbonyl (C=O) groups is 2. The highest BCUT2D eigenvalue weighted by molar-refractivity contribution is 6.14. The van der Waals surface area contributed by atoms with E-state index in [-0.39, 0.29) is 11.3 Å². The fourth-order valence-corrected chi connectivity index (χ4v) is 1.67. The number of aliphatic carboxylic acids is 1. The van der Waals surface area contributed by atoms with Crippen LogP contribution in [0.5, 0.6) is 0 Å². The van der Waals surface area contributed by atoms with Crippen LogP contribution in [0.2, 0.25) is 0 Å². The number of benzene rings is 1. The molecule has 96 valence electrons. The number of nitro benzene ring substituents is 1. The van der Waals surface area contributed by atoms with E-state index in [1.165, 1.54) is 24.4 Å². The first-order valence-corrected chi connectivity index (χ1v) is 5.20. The number of aromatic nitrogens is 1. The van der Waals surface area contributed by atoms with Crippen LogP contribution in [-0.2, 0) is 4.79 Å². The van der Waals surface area contributed by atoms with Gasteiger partial charge in [-0.25, -0.2) is 4.79 Å². The maximum atomic E-state index is 11.7. The zero-order valence-corrected chi connectivity index (χ0v) is 9.49. The molecule has 1 aromatic heterocycles. The molecule has 0 radical (unpaired) electrons. The highest BCUT2D eigenvalue weighted by atomic mass is 16.6. The zero-order chi connectivity index (χ0) is 14.0. The van der Waals surface area contributed by atoms with Crippen LogP contribution < -0.4 is 0 Å². The lowest BCUT2D eigenvalue weighted by Crippen LogP contribution is -1.95. The Hall–Kier alpha value is -2.96. The number of hydrogen-bond donors (Lipinski definition) is 2. The Balaban J connectivity index is 2.44. The first kappa shape index (κ1) is 12.5. The van der Waals surface area contributed by atoms with Gasteiger partial charge in [0, 0.05) is 35.4 Å². The minimum absolute atomic E-state index is 0.0885. The molecule has 2 N–H and O–H groups in total. The summed E-state index contributed by atoms with van der Waals surface area (Å²) in [5.41, 5.74) is 0.623. The third-order valence-electron chi connectivity index (χ3n) is 2.52. The number of carboxylic acids is 1. The summed E-state index contributed by atoms with van der Waals surface area (Å²) in [7, 11) is 0. The van der Waals surface area contributed by atoms with Gasteiger partial charge < -0.3 is 10.1 Å². The van der Waals surface area contributed by atoms with Gasteiger partial charge in [-0.3, -0.25) is 14.9 Å². The van der Waals surface area contributed by atoms with Crippen molar-refractivity contribution in [2.45, 2.75) is 0 Å². The quantitative estimate of drug-likeness (QED) is 0.377. The van der Waals surface area contributed by atoms with Crippen LogP contribution in [-0.4, -0.2) is 26.8 Å². The van der Waals surface area contributed by atoms with Crippen LogP contribution in [0.15, 0.2) is 36.5 Å². The molecule has 0 saturated carbocycles. The van der Waals surface area contributed by atoms with E-state index in [0.29, 0.717) is 10.9 Å². The summed E-state index contributed by atoms with van der Waals surface area (Å²) in [5.74, 6) is -1.70. The number of aromatic amines is 1. The van der Waals surface area contributed by atoms with Gasteiger partial charge >= 0.3 is 5.97 Å². The summed E-state index contributed by atoms with van der Waals surface area (Å²) in [6, 6.07) is 4.05. The van der Waals surface area contributed by atoms with Gasteiger partial charge in [0.05, 0.1) is 10.4 Å². The van der Waals surface area contributed by atoms with E-state index < -0.39 is 16.7 Å². The van der Waals surface area contributed by atoms with Crippen molar-refractivity contribution >= 4 is 28.3 Å². The minimum Gasteiger partial charge on any atom is -0.478 e. The lowest BCUT2D eigenvalue weighted by molar-refractivity contribution is -0.384. The van der Waals surface area contributed by atoms with Crippen molar-refractivity contribution in [2.75, 3.05) is 0 Å².